The number of nitrogens with one attached hydrogen (secondary N) is 3. The summed E-state index contributed by atoms with van der Waals surface area (Å²) in [4.78, 5) is 69.5. The second-order valence-corrected chi connectivity index (χ2v) is 9.64. The van der Waals surface area contributed by atoms with Crippen molar-refractivity contribution in [2.24, 2.45) is 5.92 Å². The van der Waals surface area contributed by atoms with Gasteiger partial charge >= 0.3 is 5.97 Å². The maximum Gasteiger partial charge on any atom is 0.329 e. The Hall–Kier alpha value is -3.61. The van der Waals surface area contributed by atoms with Crippen LogP contribution in [0.1, 0.15) is 56.8 Å². The van der Waals surface area contributed by atoms with Crippen LogP contribution in [0, 0.1) is 11.9 Å². The number of aromatic nitrogens is 2. The van der Waals surface area contributed by atoms with Gasteiger partial charge in [0.15, 0.2) is 5.12 Å². The van der Waals surface area contributed by atoms with E-state index >= 15 is 0 Å². The zero-order valence-electron chi connectivity index (χ0n) is 21.0. The summed E-state index contributed by atoms with van der Waals surface area (Å²) >= 11 is 1.14. The van der Waals surface area contributed by atoms with E-state index in [4.69, 9.17) is 4.74 Å². The molecule has 0 aromatic carbocycles. The first kappa shape index (κ1) is 29.6. The number of amides is 3. The Kier molecular flexibility index (Phi) is 11.4. The average molecular weight is 536 g/mol. The van der Waals surface area contributed by atoms with Gasteiger partial charge in [-0.2, -0.15) is 9.37 Å². The van der Waals surface area contributed by atoms with Crippen molar-refractivity contribution in [3.63, 3.8) is 0 Å². The molecular formula is C24H30FN5O6S. The van der Waals surface area contributed by atoms with Crippen molar-refractivity contribution in [2.75, 3.05) is 5.75 Å². The number of hydrogen-bond acceptors (Lipinski definition) is 9. The van der Waals surface area contributed by atoms with Gasteiger partial charge in [0.25, 0.3) is 11.8 Å². The van der Waals surface area contributed by atoms with Crippen molar-refractivity contribution in [2.45, 2.75) is 59.2 Å². The minimum atomic E-state index is -1.10. The molecule has 0 aliphatic carbocycles. The normalized spacial score (nSPS) is 21.0. The second-order valence-electron chi connectivity index (χ2n) is 8.37. The number of allylic oxidation sites excluding steroid dienone is 2. The largest absolute Gasteiger partial charge is 0.456 e. The molecule has 0 fully saturated rings. The van der Waals surface area contributed by atoms with Crippen LogP contribution in [-0.2, 0) is 30.5 Å². The van der Waals surface area contributed by atoms with Gasteiger partial charge in [-0.3, -0.25) is 19.2 Å². The van der Waals surface area contributed by atoms with Crippen molar-refractivity contribution in [1.82, 2.24) is 25.9 Å². The Balaban J connectivity index is 2.37. The molecular weight excluding hydrogens is 505 g/mol. The van der Waals surface area contributed by atoms with E-state index in [1.165, 1.54) is 19.9 Å². The number of cyclic esters (lactones) is 1. The summed E-state index contributed by atoms with van der Waals surface area (Å²) in [6.45, 7) is 6.12. The number of ether oxygens (including phenoxy) is 1. The minimum Gasteiger partial charge on any atom is -0.456 e. The highest BCUT2D eigenvalue weighted by Crippen LogP contribution is 2.12. The summed E-state index contributed by atoms with van der Waals surface area (Å²) in [6, 6.07) is -0.141. The number of thioether (sulfide) groups is 1. The van der Waals surface area contributed by atoms with Crippen LogP contribution in [0.2, 0.25) is 0 Å². The van der Waals surface area contributed by atoms with Crippen LogP contribution < -0.4 is 16.0 Å². The van der Waals surface area contributed by atoms with Gasteiger partial charge in [0, 0.05) is 18.7 Å². The van der Waals surface area contributed by atoms with Gasteiger partial charge in [-0.15, -0.1) is 0 Å². The van der Waals surface area contributed by atoms with Gasteiger partial charge < -0.3 is 20.7 Å². The monoisotopic (exact) mass is 535 g/mol. The number of carbonyl (C=O) groups excluding carboxylic acids is 5. The first-order valence-electron chi connectivity index (χ1n) is 11.6. The van der Waals surface area contributed by atoms with Gasteiger partial charge in [0.05, 0.1) is 18.7 Å². The second kappa shape index (κ2) is 14.2. The van der Waals surface area contributed by atoms with Gasteiger partial charge in [-0.1, -0.05) is 37.8 Å². The fourth-order valence-electron chi connectivity index (χ4n) is 3.15. The SMILES string of the molecule is C/C=C1\NC(=O)c2nc(F)cc(n2)CNC(=O)C[C@@H](/C=C/CCSC(C)=O)OC(=O)[C@H](C(C)C)NC1=O. The molecule has 1 aliphatic rings. The highest BCUT2D eigenvalue weighted by Gasteiger charge is 2.30. The number of rotatable bonds is 5. The summed E-state index contributed by atoms with van der Waals surface area (Å²) in [6.07, 6.45) is 3.81. The lowest BCUT2D eigenvalue weighted by molar-refractivity contribution is -0.153. The van der Waals surface area contributed by atoms with Crippen LogP contribution in [0.3, 0.4) is 0 Å². The Labute approximate surface area is 218 Å². The summed E-state index contributed by atoms with van der Waals surface area (Å²) < 4.78 is 19.6. The van der Waals surface area contributed by atoms with Crippen molar-refractivity contribution >= 4 is 40.6 Å². The maximum atomic E-state index is 14.0. The molecule has 0 spiro atoms. The molecule has 11 nitrogen and oxygen atoms in total. The van der Waals surface area contributed by atoms with Crippen LogP contribution in [-0.4, -0.2) is 56.7 Å². The van der Waals surface area contributed by atoms with Gasteiger partial charge in [-0.05, 0) is 25.3 Å². The maximum absolute atomic E-state index is 14.0. The molecule has 3 N–H and O–H groups in total. The third kappa shape index (κ3) is 9.75. The van der Waals surface area contributed by atoms with Crippen LogP contribution in [0.5, 0.6) is 0 Å². The molecule has 1 aromatic heterocycles. The molecule has 0 saturated heterocycles. The van der Waals surface area contributed by atoms with E-state index in [0.29, 0.717) is 12.2 Å². The van der Waals surface area contributed by atoms with E-state index < -0.39 is 53.5 Å². The Morgan fingerprint density at radius 2 is 1.97 bits per heavy atom. The molecule has 2 heterocycles. The van der Waals surface area contributed by atoms with Gasteiger partial charge in [-0.25, -0.2) is 9.78 Å². The van der Waals surface area contributed by atoms with Gasteiger partial charge in [0.2, 0.25) is 17.7 Å². The number of carbonyl (C=O) groups is 5. The Morgan fingerprint density at radius 3 is 2.62 bits per heavy atom. The van der Waals surface area contributed by atoms with E-state index in [1.54, 1.807) is 26.0 Å². The minimum absolute atomic E-state index is 0.0230. The van der Waals surface area contributed by atoms with E-state index in [9.17, 15) is 28.4 Å². The zero-order valence-corrected chi connectivity index (χ0v) is 21.8. The number of fused-ring (bicyclic) bond motifs is 2. The number of nitrogens with zero attached hydrogens (tertiary/aromatic N) is 2. The Morgan fingerprint density at radius 1 is 1.24 bits per heavy atom. The first-order valence-corrected chi connectivity index (χ1v) is 12.6. The summed E-state index contributed by atoms with van der Waals surface area (Å²) in [5, 5.41) is 7.37. The molecule has 1 aromatic rings. The molecule has 3 amide bonds. The van der Waals surface area contributed by atoms with Crippen LogP contribution in [0.4, 0.5) is 4.39 Å². The molecule has 0 saturated carbocycles. The van der Waals surface area contributed by atoms with Crippen LogP contribution in [0.25, 0.3) is 0 Å². The van der Waals surface area contributed by atoms with E-state index in [-0.39, 0.29) is 29.5 Å². The molecule has 200 valence electrons. The number of halogens is 1. The summed E-state index contributed by atoms with van der Waals surface area (Å²) in [7, 11) is 0. The predicted octanol–water partition coefficient (Wildman–Crippen LogP) is 1.55. The molecule has 2 rings (SSSR count). The summed E-state index contributed by atoms with van der Waals surface area (Å²) in [5.74, 6) is -4.43. The zero-order chi connectivity index (χ0) is 27.5. The lowest BCUT2D eigenvalue weighted by Crippen LogP contribution is -2.48. The molecule has 37 heavy (non-hydrogen) atoms. The lowest BCUT2D eigenvalue weighted by Gasteiger charge is -2.24. The van der Waals surface area contributed by atoms with Crippen LogP contribution in [0.15, 0.2) is 30.0 Å². The van der Waals surface area contributed by atoms with Crippen molar-refractivity contribution in [1.29, 1.82) is 0 Å². The molecule has 0 radical (unpaired) electrons. The highest BCUT2D eigenvalue weighted by molar-refractivity contribution is 8.13. The predicted molar refractivity (Wildman–Crippen MR) is 133 cm³/mol. The van der Waals surface area contributed by atoms with E-state index in [1.807, 2.05) is 0 Å². The van der Waals surface area contributed by atoms with E-state index in [0.717, 1.165) is 17.8 Å². The summed E-state index contributed by atoms with van der Waals surface area (Å²) in [5.41, 5.74) is -0.174. The standard InChI is InChI=1S/C24H30FN5O6S/c1-5-17-22(33)30-20(13(2)3)24(35)36-16(8-6-7-9-37-14(4)31)11-19(32)26-12-15-10-18(25)29-21(27-15)23(34)28-17/h5-6,8,10,13,16,20H,7,9,11-12H2,1-4H3,(H,26,32)(H,28,34)(H,30,33)/b8-6+,17-5-/t16-,20+/m1/s1. The molecule has 13 heteroatoms. The molecule has 2 bridgehead atoms. The van der Waals surface area contributed by atoms with E-state index in [2.05, 4.69) is 25.9 Å². The Bertz CT molecular complexity index is 1110. The lowest BCUT2D eigenvalue weighted by atomic mass is 10.0. The topological polar surface area (TPSA) is 156 Å². The first-order chi connectivity index (χ1) is 17.5. The fraction of sp³-hybridized carbons (Fsp3) is 0.458. The molecule has 1 aliphatic heterocycles. The number of hydrogen-bond donors (Lipinski definition) is 3. The van der Waals surface area contributed by atoms with Crippen molar-refractivity contribution in [3.05, 3.63) is 47.5 Å². The number of esters is 1. The fourth-order valence-corrected chi connectivity index (χ4v) is 3.69. The third-order valence-corrected chi connectivity index (χ3v) is 5.85. The quantitative estimate of drug-likeness (QED) is 0.167. The third-order valence-electron chi connectivity index (χ3n) is 5.00. The van der Waals surface area contributed by atoms with Crippen molar-refractivity contribution < 1.29 is 33.1 Å². The van der Waals surface area contributed by atoms with Crippen LogP contribution >= 0.6 is 11.8 Å². The molecule has 2 atom stereocenters. The highest BCUT2D eigenvalue weighted by atomic mass is 32.2. The van der Waals surface area contributed by atoms with Gasteiger partial charge in [0.1, 0.15) is 17.8 Å². The average Bonchev–Trinajstić information content (AvgIpc) is 2.82. The smallest absolute Gasteiger partial charge is 0.329 e. The van der Waals surface area contributed by atoms with Crippen molar-refractivity contribution in [3.8, 4) is 0 Å². The molecule has 0 unspecified atom stereocenters.